The second kappa shape index (κ2) is 7.60. The Hall–Kier alpha value is -3.48. The molecule has 7 heteroatoms. The summed E-state index contributed by atoms with van der Waals surface area (Å²) < 4.78 is 31.3. The van der Waals surface area contributed by atoms with Crippen molar-refractivity contribution in [3.05, 3.63) is 78.0 Å². The van der Waals surface area contributed by atoms with Gasteiger partial charge in [0, 0.05) is 29.2 Å². The maximum absolute atomic E-state index is 13.2. The van der Waals surface area contributed by atoms with Gasteiger partial charge in [-0.05, 0) is 48.5 Å². The average molecular weight is 355 g/mol. The van der Waals surface area contributed by atoms with E-state index in [0.29, 0.717) is 11.4 Å². The van der Waals surface area contributed by atoms with E-state index in [0.717, 1.165) is 23.6 Å². The van der Waals surface area contributed by atoms with Crippen LogP contribution in [0.1, 0.15) is 10.4 Å². The molecule has 1 aromatic heterocycles. The molecular weight excluding hydrogens is 340 g/mol. The van der Waals surface area contributed by atoms with Crippen molar-refractivity contribution < 1.29 is 18.3 Å². The van der Waals surface area contributed by atoms with Gasteiger partial charge in [0.15, 0.2) is 11.6 Å². The molecule has 0 radical (unpaired) electrons. The van der Waals surface area contributed by atoms with Crippen molar-refractivity contribution in [2.45, 2.75) is 0 Å². The summed E-state index contributed by atoms with van der Waals surface area (Å²) in [6, 6.07) is 13.5. The van der Waals surface area contributed by atoms with Crippen LogP contribution in [0, 0.1) is 11.6 Å². The van der Waals surface area contributed by atoms with Gasteiger partial charge in [-0.3, -0.25) is 4.79 Å². The lowest BCUT2D eigenvalue weighted by molar-refractivity contribution is 0.102. The molecule has 132 valence electrons. The Morgan fingerprint density at radius 1 is 0.962 bits per heavy atom. The van der Waals surface area contributed by atoms with Crippen LogP contribution in [0.15, 0.2) is 60.8 Å². The Morgan fingerprint density at radius 2 is 1.69 bits per heavy atom. The molecule has 2 aromatic carbocycles. The number of ether oxygens (including phenoxy) is 1. The molecule has 0 saturated heterocycles. The van der Waals surface area contributed by atoms with E-state index in [-0.39, 0.29) is 5.69 Å². The quantitative estimate of drug-likeness (QED) is 0.714. The minimum atomic E-state index is -1.03. The van der Waals surface area contributed by atoms with E-state index in [9.17, 15) is 13.6 Å². The third-order valence-corrected chi connectivity index (χ3v) is 3.56. The zero-order valence-corrected chi connectivity index (χ0v) is 13.8. The fourth-order valence-corrected chi connectivity index (χ4v) is 2.24. The third kappa shape index (κ3) is 4.13. The highest BCUT2D eigenvalue weighted by molar-refractivity contribution is 6.04. The second-order valence-corrected chi connectivity index (χ2v) is 5.37. The first-order valence-electron chi connectivity index (χ1n) is 7.69. The molecule has 3 rings (SSSR count). The molecule has 26 heavy (non-hydrogen) atoms. The molecule has 0 aliphatic rings. The van der Waals surface area contributed by atoms with Crippen LogP contribution < -0.4 is 15.4 Å². The number of hydrogen-bond acceptors (Lipinski definition) is 4. The number of aromatic nitrogens is 1. The van der Waals surface area contributed by atoms with Gasteiger partial charge in [0.1, 0.15) is 11.6 Å². The highest BCUT2D eigenvalue weighted by Crippen LogP contribution is 2.20. The highest BCUT2D eigenvalue weighted by atomic mass is 19.2. The van der Waals surface area contributed by atoms with Crippen molar-refractivity contribution in [1.29, 1.82) is 0 Å². The molecule has 1 amide bonds. The van der Waals surface area contributed by atoms with Crippen molar-refractivity contribution in [2.75, 3.05) is 17.7 Å². The summed E-state index contributed by atoms with van der Waals surface area (Å²) in [5, 5.41) is 5.59. The van der Waals surface area contributed by atoms with Gasteiger partial charge in [0.2, 0.25) is 0 Å². The number of amides is 1. The minimum Gasteiger partial charge on any atom is -0.497 e. The van der Waals surface area contributed by atoms with E-state index in [4.69, 9.17) is 4.74 Å². The van der Waals surface area contributed by atoms with E-state index in [1.165, 1.54) is 18.3 Å². The SMILES string of the molecule is COc1ccc(Nc2cc(C(=O)Nc3ccc(F)c(F)c3)ccn2)cc1. The number of nitrogens with one attached hydrogen (secondary N) is 2. The van der Waals surface area contributed by atoms with Crippen LogP contribution in [-0.4, -0.2) is 18.0 Å². The first-order chi connectivity index (χ1) is 12.5. The van der Waals surface area contributed by atoms with Gasteiger partial charge >= 0.3 is 0 Å². The fourth-order valence-electron chi connectivity index (χ4n) is 2.24. The van der Waals surface area contributed by atoms with E-state index in [2.05, 4.69) is 15.6 Å². The van der Waals surface area contributed by atoms with Crippen molar-refractivity contribution in [3.63, 3.8) is 0 Å². The maximum Gasteiger partial charge on any atom is 0.255 e. The molecule has 0 spiro atoms. The van der Waals surface area contributed by atoms with Crippen molar-refractivity contribution in [2.24, 2.45) is 0 Å². The van der Waals surface area contributed by atoms with E-state index in [1.54, 1.807) is 25.3 Å². The lowest BCUT2D eigenvalue weighted by Gasteiger charge is -2.09. The zero-order valence-electron chi connectivity index (χ0n) is 13.8. The monoisotopic (exact) mass is 355 g/mol. The molecule has 0 aliphatic carbocycles. The topological polar surface area (TPSA) is 63.2 Å². The van der Waals surface area contributed by atoms with Crippen LogP contribution >= 0.6 is 0 Å². The van der Waals surface area contributed by atoms with Gasteiger partial charge in [-0.2, -0.15) is 0 Å². The molecule has 2 N–H and O–H groups in total. The summed E-state index contributed by atoms with van der Waals surface area (Å²) in [6.45, 7) is 0. The molecular formula is C19H15F2N3O2. The fraction of sp³-hybridized carbons (Fsp3) is 0.0526. The smallest absolute Gasteiger partial charge is 0.255 e. The molecule has 0 fully saturated rings. The third-order valence-electron chi connectivity index (χ3n) is 3.56. The van der Waals surface area contributed by atoms with Crippen molar-refractivity contribution in [3.8, 4) is 5.75 Å². The Morgan fingerprint density at radius 3 is 2.38 bits per heavy atom. The van der Waals surface area contributed by atoms with Crippen LogP contribution in [0.3, 0.4) is 0 Å². The number of pyridine rings is 1. The lowest BCUT2D eigenvalue weighted by Crippen LogP contribution is -2.12. The summed E-state index contributed by atoms with van der Waals surface area (Å²) in [6.07, 6.45) is 1.48. The molecule has 0 bridgehead atoms. The highest BCUT2D eigenvalue weighted by Gasteiger charge is 2.10. The number of rotatable bonds is 5. The predicted molar refractivity (Wildman–Crippen MR) is 94.8 cm³/mol. The van der Waals surface area contributed by atoms with Gasteiger partial charge in [-0.1, -0.05) is 0 Å². The summed E-state index contributed by atoms with van der Waals surface area (Å²) in [5.74, 6) is -1.27. The summed E-state index contributed by atoms with van der Waals surface area (Å²) >= 11 is 0. The Bertz CT molecular complexity index is 930. The second-order valence-electron chi connectivity index (χ2n) is 5.37. The number of carbonyl (C=O) groups is 1. The molecule has 1 heterocycles. The summed E-state index contributed by atoms with van der Waals surface area (Å²) in [5.41, 5.74) is 1.26. The number of methoxy groups -OCH3 is 1. The molecule has 0 unspecified atom stereocenters. The summed E-state index contributed by atoms with van der Waals surface area (Å²) in [4.78, 5) is 16.5. The largest absolute Gasteiger partial charge is 0.497 e. The van der Waals surface area contributed by atoms with Crippen LogP contribution in [0.4, 0.5) is 26.0 Å². The number of anilines is 3. The van der Waals surface area contributed by atoms with E-state index >= 15 is 0 Å². The molecule has 0 atom stereocenters. The number of halogens is 2. The Labute approximate surface area is 148 Å². The number of carbonyl (C=O) groups excluding carboxylic acids is 1. The van der Waals surface area contributed by atoms with Gasteiger partial charge in [-0.15, -0.1) is 0 Å². The molecule has 5 nitrogen and oxygen atoms in total. The number of benzene rings is 2. The normalized spacial score (nSPS) is 10.3. The van der Waals surface area contributed by atoms with E-state index in [1.807, 2.05) is 12.1 Å². The zero-order chi connectivity index (χ0) is 18.5. The van der Waals surface area contributed by atoms with Crippen molar-refractivity contribution >= 4 is 23.1 Å². The Kier molecular flexibility index (Phi) is 5.07. The Balaban J connectivity index is 1.73. The van der Waals surface area contributed by atoms with Crippen molar-refractivity contribution in [1.82, 2.24) is 4.98 Å². The van der Waals surface area contributed by atoms with Crippen LogP contribution in [0.2, 0.25) is 0 Å². The average Bonchev–Trinajstić information content (AvgIpc) is 2.65. The first kappa shape index (κ1) is 17.3. The van der Waals surface area contributed by atoms with Crippen LogP contribution in [-0.2, 0) is 0 Å². The minimum absolute atomic E-state index is 0.162. The molecule has 3 aromatic rings. The lowest BCUT2D eigenvalue weighted by atomic mass is 10.2. The van der Waals surface area contributed by atoms with Gasteiger partial charge in [-0.25, -0.2) is 13.8 Å². The van der Waals surface area contributed by atoms with Gasteiger partial charge in [0.25, 0.3) is 5.91 Å². The van der Waals surface area contributed by atoms with Crippen LogP contribution in [0.5, 0.6) is 5.75 Å². The molecule has 0 aliphatic heterocycles. The number of nitrogens with zero attached hydrogens (tertiary/aromatic N) is 1. The van der Waals surface area contributed by atoms with Gasteiger partial charge < -0.3 is 15.4 Å². The molecule has 0 saturated carbocycles. The standard InChI is InChI=1S/C19H15F2N3O2/c1-26-15-5-2-13(3-6-15)23-18-10-12(8-9-22-18)19(25)24-14-4-7-16(20)17(21)11-14/h2-11H,1H3,(H,22,23)(H,24,25). The first-order valence-corrected chi connectivity index (χ1v) is 7.69. The maximum atomic E-state index is 13.2. The van der Waals surface area contributed by atoms with Crippen LogP contribution in [0.25, 0.3) is 0 Å². The van der Waals surface area contributed by atoms with E-state index < -0.39 is 17.5 Å². The summed E-state index contributed by atoms with van der Waals surface area (Å²) in [7, 11) is 1.58. The number of hydrogen-bond donors (Lipinski definition) is 2. The van der Waals surface area contributed by atoms with Gasteiger partial charge in [0.05, 0.1) is 7.11 Å². The predicted octanol–water partition coefficient (Wildman–Crippen LogP) is 4.36.